The quantitative estimate of drug-likeness (QED) is 0.823. The monoisotopic (exact) mass is 289 g/mol. The van der Waals surface area contributed by atoms with Gasteiger partial charge in [-0.05, 0) is 30.0 Å². The van der Waals surface area contributed by atoms with Crippen LogP contribution in [0.5, 0.6) is 0 Å². The van der Waals surface area contributed by atoms with Crippen LogP contribution in [-0.4, -0.2) is 53.9 Å². The van der Waals surface area contributed by atoms with Gasteiger partial charge in [0.25, 0.3) is 5.91 Å². The molecule has 2 heterocycles. The van der Waals surface area contributed by atoms with E-state index in [4.69, 9.17) is 0 Å². The van der Waals surface area contributed by atoms with Gasteiger partial charge >= 0.3 is 0 Å². The van der Waals surface area contributed by atoms with Crippen LogP contribution >= 0.6 is 27.3 Å². The number of hydrogen-bond acceptors (Lipinski definition) is 4. The zero-order chi connectivity index (χ0) is 11.0. The van der Waals surface area contributed by atoms with Gasteiger partial charge in [0.1, 0.15) is 3.79 Å². The van der Waals surface area contributed by atoms with Gasteiger partial charge in [-0.2, -0.15) is 0 Å². The summed E-state index contributed by atoms with van der Waals surface area (Å²) < 4.78 is 0.820. The molecular formula is C9H12BrN3OS. The first-order chi connectivity index (χ1) is 7.09. The maximum Gasteiger partial charge on any atom is 0.274 e. The van der Waals surface area contributed by atoms with Crippen molar-refractivity contribution < 1.29 is 4.79 Å². The summed E-state index contributed by atoms with van der Waals surface area (Å²) in [6.07, 6.45) is 0. The zero-order valence-corrected chi connectivity index (χ0v) is 11.0. The van der Waals surface area contributed by atoms with Crippen molar-refractivity contribution in [1.82, 2.24) is 14.8 Å². The van der Waals surface area contributed by atoms with Crippen molar-refractivity contribution in [2.45, 2.75) is 6.04 Å². The van der Waals surface area contributed by atoms with Gasteiger partial charge in [-0.15, -0.1) is 11.3 Å². The van der Waals surface area contributed by atoms with Crippen molar-refractivity contribution in [3.8, 4) is 0 Å². The summed E-state index contributed by atoms with van der Waals surface area (Å²) in [4.78, 5) is 19.9. The summed E-state index contributed by atoms with van der Waals surface area (Å²) in [5.74, 6) is 0.0289. The van der Waals surface area contributed by atoms with Crippen molar-refractivity contribution in [2.75, 3.05) is 27.2 Å². The highest BCUT2D eigenvalue weighted by Gasteiger charge is 2.33. The van der Waals surface area contributed by atoms with Crippen molar-refractivity contribution in [3.63, 3.8) is 0 Å². The van der Waals surface area contributed by atoms with Crippen molar-refractivity contribution in [2.24, 2.45) is 0 Å². The summed E-state index contributed by atoms with van der Waals surface area (Å²) in [6, 6.07) is 0.492. The molecule has 1 fully saturated rings. The number of likely N-dealkylation sites (N-methyl/N-ethyl adjacent to an activating group) is 1. The maximum atomic E-state index is 11.9. The molecule has 1 aliphatic heterocycles. The first-order valence-electron chi connectivity index (χ1n) is 4.64. The Morgan fingerprint density at radius 2 is 2.33 bits per heavy atom. The molecule has 1 aromatic rings. The highest BCUT2D eigenvalue weighted by molar-refractivity contribution is 9.11. The molecule has 1 aliphatic rings. The molecule has 0 aromatic carbocycles. The lowest BCUT2D eigenvalue weighted by Gasteiger charge is -2.42. The molecule has 0 saturated carbocycles. The Balaban J connectivity index is 1.98. The van der Waals surface area contributed by atoms with Crippen molar-refractivity contribution >= 4 is 33.2 Å². The molecule has 82 valence electrons. The van der Waals surface area contributed by atoms with Crippen LogP contribution < -0.4 is 0 Å². The zero-order valence-electron chi connectivity index (χ0n) is 8.61. The fourth-order valence-electron chi connectivity index (χ4n) is 1.47. The molecule has 0 N–H and O–H groups in total. The van der Waals surface area contributed by atoms with E-state index in [0.717, 1.165) is 16.9 Å². The van der Waals surface area contributed by atoms with E-state index in [0.29, 0.717) is 11.7 Å². The fourth-order valence-corrected chi connectivity index (χ4v) is 2.49. The number of aromatic nitrogens is 1. The smallest absolute Gasteiger partial charge is 0.274 e. The third-order valence-electron chi connectivity index (χ3n) is 2.61. The Labute approximate surface area is 101 Å². The lowest BCUT2D eigenvalue weighted by Crippen LogP contribution is -2.59. The van der Waals surface area contributed by atoms with Crippen LogP contribution in [0.4, 0.5) is 0 Å². The van der Waals surface area contributed by atoms with Gasteiger partial charge in [0.05, 0.1) is 5.51 Å². The summed E-state index contributed by atoms with van der Waals surface area (Å²) in [6.45, 7) is 1.60. The Morgan fingerprint density at radius 3 is 2.80 bits per heavy atom. The highest BCUT2D eigenvalue weighted by Crippen LogP contribution is 2.24. The lowest BCUT2D eigenvalue weighted by atomic mass is 10.1. The van der Waals surface area contributed by atoms with Crippen LogP contribution in [-0.2, 0) is 0 Å². The van der Waals surface area contributed by atoms with Crippen molar-refractivity contribution in [3.05, 3.63) is 15.0 Å². The van der Waals surface area contributed by atoms with Gasteiger partial charge in [-0.25, -0.2) is 4.98 Å². The van der Waals surface area contributed by atoms with Gasteiger partial charge in [0.2, 0.25) is 0 Å². The average Bonchev–Trinajstić information content (AvgIpc) is 2.47. The number of amides is 1. The molecule has 2 rings (SSSR count). The molecule has 0 bridgehead atoms. The van der Waals surface area contributed by atoms with Crippen molar-refractivity contribution in [1.29, 1.82) is 0 Å². The second kappa shape index (κ2) is 4.19. The highest BCUT2D eigenvalue weighted by atomic mass is 79.9. The minimum absolute atomic E-state index is 0.0289. The van der Waals surface area contributed by atoms with Crippen LogP contribution in [0.15, 0.2) is 9.30 Å². The van der Waals surface area contributed by atoms with Crippen LogP contribution in [0.2, 0.25) is 0 Å². The standard InChI is InChI=1S/C9H12BrN3OS/c1-12(2)6-3-13(4-6)9(14)7-8(10)15-5-11-7/h5-6H,3-4H2,1-2H3. The molecule has 0 aliphatic carbocycles. The maximum absolute atomic E-state index is 11.9. The van der Waals surface area contributed by atoms with E-state index in [1.807, 2.05) is 19.0 Å². The van der Waals surface area contributed by atoms with E-state index >= 15 is 0 Å². The largest absolute Gasteiger partial charge is 0.334 e. The molecule has 0 atom stereocenters. The Kier molecular flexibility index (Phi) is 3.08. The fraction of sp³-hybridized carbons (Fsp3) is 0.556. The van der Waals surface area contributed by atoms with Gasteiger partial charge < -0.3 is 9.80 Å². The second-order valence-electron chi connectivity index (χ2n) is 3.80. The normalized spacial score (nSPS) is 16.9. The van der Waals surface area contributed by atoms with Crippen LogP contribution in [0.1, 0.15) is 10.5 Å². The summed E-state index contributed by atoms with van der Waals surface area (Å²) in [5.41, 5.74) is 2.22. The third kappa shape index (κ3) is 2.07. The first-order valence-corrected chi connectivity index (χ1v) is 6.31. The van der Waals surface area contributed by atoms with E-state index in [-0.39, 0.29) is 5.91 Å². The third-order valence-corrected chi connectivity index (χ3v) is 4.15. The molecule has 0 unspecified atom stereocenters. The molecule has 15 heavy (non-hydrogen) atoms. The number of carbonyl (C=O) groups excluding carboxylic acids is 1. The van der Waals surface area contributed by atoms with Gasteiger partial charge in [0, 0.05) is 19.1 Å². The van der Waals surface area contributed by atoms with E-state index in [1.54, 1.807) is 5.51 Å². The number of halogens is 1. The van der Waals surface area contributed by atoms with E-state index in [9.17, 15) is 4.79 Å². The van der Waals surface area contributed by atoms with Gasteiger partial charge in [-0.1, -0.05) is 0 Å². The molecule has 1 saturated heterocycles. The number of hydrogen-bond donors (Lipinski definition) is 0. The predicted molar refractivity (Wildman–Crippen MR) is 63.2 cm³/mol. The summed E-state index contributed by atoms with van der Waals surface area (Å²) in [7, 11) is 4.07. The molecule has 4 nitrogen and oxygen atoms in total. The average molecular weight is 290 g/mol. The first kappa shape index (κ1) is 11.0. The summed E-state index contributed by atoms with van der Waals surface area (Å²) >= 11 is 4.77. The van der Waals surface area contributed by atoms with Crippen LogP contribution in [0.25, 0.3) is 0 Å². The number of thiazole rings is 1. The minimum Gasteiger partial charge on any atom is -0.334 e. The van der Waals surface area contributed by atoms with Gasteiger partial charge in [-0.3, -0.25) is 4.79 Å². The molecule has 0 radical (unpaired) electrons. The molecule has 6 heteroatoms. The predicted octanol–water partition coefficient (Wildman–Crippen LogP) is 1.29. The number of rotatable bonds is 2. The SMILES string of the molecule is CN(C)C1CN(C(=O)c2ncsc2Br)C1. The van der Waals surface area contributed by atoms with Crippen LogP contribution in [0.3, 0.4) is 0 Å². The minimum atomic E-state index is 0.0289. The molecule has 0 spiro atoms. The Hall–Kier alpha value is -0.460. The molecule has 1 aromatic heterocycles. The number of carbonyl (C=O) groups is 1. The Bertz CT molecular complexity index is 373. The second-order valence-corrected chi connectivity index (χ2v) is 5.97. The topological polar surface area (TPSA) is 36.4 Å². The van der Waals surface area contributed by atoms with E-state index in [1.165, 1.54) is 11.3 Å². The van der Waals surface area contributed by atoms with E-state index < -0.39 is 0 Å². The lowest BCUT2D eigenvalue weighted by molar-refractivity contribution is 0.0394. The number of nitrogens with zero attached hydrogens (tertiary/aromatic N) is 3. The van der Waals surface area contributed by atoms with Crippen LogP contribution in [0, 0.1) is 0 Å². The molecule has 1 amide bonds. The van der Waals surface area contributed by atoms with E-state index in [2.05, 4.69) is 25.8 Å². The Morgan fingerprint density at radius 1 is 1.67 bits per heavy atom. The molecular weight excluding hydrogens is 278 g/mol. The van der Waals surface area contributed by atoms with Gasteiger partial charge in [0.15, 0.2) is 5.69 Å². The number of likely N-dealkylation sites (tertiary alicyclic amines) is 1. The summed E-state index contributed by atoms with van der Waals surface area (Å²) in [5, 5.41) is 0.